The van der Waals surface area contributed by atoms with Crippen LogP contribution in [-0.2, 0) is 4.79 Å². The van der Waals surface area contributed by atoms with Crippen LogP contribution in [0.1, 0.15) is 52.5 Å². The summed E-state index contributed by atoms with van der Waals surface area (Å²) in [5, 5.41) is 5.96. The third-order valence-corrected chi connectivity index (χ3v) is 5.74. The molecule has 4 rings (SSSR count). The SMILES string of the molecule is Cc1nc(N2CCC[C@@H](NC(=O)C[C@@H]3NC(=O)c4ccccc43)C2)[nH]c(=O)c1C. The number of hydrogen-bond donors (Lipinski definition) is 3. The first-order valence-corrected chi connectivity index (χ1v) is 9.94. The van der Waals surface area contributed by atoms with Gasteiger partial charge in [-0.3, -0.25) is 19.4 Å². The highest BCUT2D eigenvalue weighted by Crippen LogP contribution is 2.27. The average Bonchev–Trinajstić information content (AvgIpc) is 3.01. The minimum absolute atomic E-state index is 0.0319. The third kappa shape index (κ3) is 3.87. The molecule has 1 fully saturated rings. The molecule has 0 unspecified atom stereocenters. The molecule has 2 amide bonds. The third-order valence-electron chi connectivity index (χ3n) is 5.74. The normalized spacial score (nSPS) is 20.9. The van der Waals surface area contributed by atoms with Crippen LogP contribution in [-0.4, -0.2) is 40.9 Å². The molecule has 2 atom stereocenters. The fourth-order valence-electron chi connectivity index (χ4n) is 4.02. The second-order valence-corrected chi connectivity index (χ2v) is 7.77. The molecule has 1 aromatic heterocycles. The number of aromatic nitrogens is 2. The number of amides is 2. The van der Waals surface area contributed by atoms with Crippen LogP contribution in [0.3, 0.4) is 0 Å². The molecule has 29 heavy (non-hydrogen) atoms. The largest absolute Gasteiger partial charge is 0.352 e. The minimum atomic E-state index is -0.295. The Kier molecular flexibility index (Phi) is 5.08. The Morgan fingerprint density at radius 3 is 2.86 bits per heavy atom. The van der Waals surface area contributed by atoms with E-state index in [0.29, 0.717) is 29.3 Å². The Labute approximate surface area is 168 Å². The van der Waals surface area contributed by atoms with E-state index in [2.05, 4.69) is 20.6 Å². The van der Waals surface area contributed by atoms with E-state index >= 15 is 0 Å². The van der Waals surface area contributed by atoms with Crippen molar-refractivity contribution in [3.8, 4) is 0 Å². The Morgan fingerprint density at radius 1 is 1.28 bits per heavy atom. The van der Waals surface area contributed by atoms with Crippen LogP contribution in [0.25, 0.3) is 0 Å². The first-order chi connectivity index (χ1) is 13.9. The van der Waals surface area contributed by atoms with Gasteiger partial charge in [-0.1, -0.05) is 18.2 Å². The van der Waals surface area contributed by atoms with Gasteiger partial charge in [-0.25, -0.2) is 4.98 Å². The van der Waals surface area contributed by atoms with E-state index in [4.69, 9.17) is 0 Å². The highest BCUT2D eigenvalue weighted by molar-refractivity contribution is 5.99. The van der Waals surface area contributed by atoms with Crippen molar-refractivity contribution in [2.45, 2.75) is 45.2 Å². The number of nitrogens with one attached hydrogen (secondary N) is 3. The molecule has 0 aliphatic carbocycles. The zero-order valence-electron chi connectivity index (χ0n) is 16.6. The van der Waals surface area contributed by atoms with Gasteiger partial charge in [0.15, 0.2) is 0 Å². The monoisotopic (exact) mass is 395 g/mol. The summed E-state index contributed by atoms with van der Waals surface area (Å²) in [4.78, 5) is 46.1. The smallest absolute Gasteiger partial charge is 0.255 e. The van der Waals surface area contributed by atoms with E-state index in [1.807, 2.05) is 30.0 Å². The van der Waals surface area contributed by atoms with Crippen molar-refractivity contribution in [2.75, 3.05) is 18.0 Å². The number of hydrogen-bond acceptors (Lipinski definition) is 5. The molecule has 152 valence electrons. The van der Waals surface area contributed by atoms with Crippen LogP contribution in [0.5, 0.6) is 0 Å². The maximum atomic E-state index is 12.6. The Balaban J connectivity index is 1.39. The van der Waals surface area contributed by atoms with Crippen molar-refractivity contribution < 1.29 is 9.59 Å². The van der Waals surface area contributed by atoms with E-state index in [0.717, 1.165) is 24.9 Å². The molecule has 3 heterocycles. The maximum Gasteiger partial charge on any atom is 0.255 e. The quantitative estimate of drug-likeness (QED) is 0.724. The number of carbonyl (C=O) groups is 2. The van der Waals surface area contributed by atoms with Crippen molar-refractivity contribution in [1.29, 1.82) is 0 Å². The number of H-pyrrole nitrogens is 1. The van der Waals surface area contributed by atoms with E-state index < -0.39 is 0 Å². The number of aromatic amines is 1. The maximum absolute atomic E-state index is 12.6. The lowest BCUT2D eigenvalue weighted by Crippen LogP contribution is -2.49. The van der Waals surface area contributed by atoms with Gasteiger partial charge in [0, 0.05) is 36.0 Å². The van der Waals surface area contributed by atoms with Gasteiger partial charge >= 0.3 is 0 Å². The Bertz CT molecular complexity index is 1020. The molecule has 2 aliphatic heterocycles. The second kappa shape index (κ2) is 7.69. The van der Waals surface area contributed by atoms with Crippen molar-refractivity contribution in [3.63, 3.8) is 0 Å². The second-order valence-electron chi connectivity index (χ2n) is 7.77. The van der Waals surface area contributed by atoms with Crippen molar-refractivity contribution >= 4 is 17.8 Å². The predicted octanol–water partition coefficient (Wildman–Crippen LogP) is 1.35. The number of fused-ring (bicyclic) bond motifs is 1. The first kappa shape index (κ1) is 19.2. The van der Waals surface area contributed by atoms with Crippen molar-refractivity contribution in [3.05, 3.63) is 57.0 Å². The van der Waals surface area contributed by atoms with Gasteiger partial charge in [0.1, 0.15) is 0 Å². The van der Waals surface area contributed by atoms with E-state index in [9.17, 15) is 14.4 Å². The topological polar surface area (TPSA) is 107 Å². The molecule has 1 aromatic carbocycles. The van der Waals surface area contributed by atoms with Gasteiger partial charge in [-0.05, 0) is 38.3 Å². The number of anilines is 1. The molecular formula is C21H25N5O3. The summed E-state index contributed by atoms with van der Waals surface area (Å²) in [6, 6.07) is 7.03. The summed E-state index contributed by atoms with van der Waals surface area (Å²) in [6.45, 7) is 4.95. The van der Waals surface area contributed by atoms with Crippen molar-refractivity contribution in [2.24, 2.45) is 0 Å². The lowest BCUT2D eigenvalue weighted by atomic mass is 10.0. The molecule has 8 nitrogen and oxygen atoms in total. The van der Waals surface area contributed by atoms with Crippen LogP contribution < -0.4 is 21.1 Å². The number of piperidine rings is 1. The molecule has 0 saturated carbocycles. The molecule has 2 aliphatic rings. The van der Waals surface area contributed by atoms with Gasteiger partial charge in [0.2, 0.25) is 11.9 Å². The van der Waals surface area contributed by atoms with Crippen LogP contribution in [0.2, 0.25) is 0 Å². The van der Waals surface area contributed by atoms with Crippen LogP contribution >= 0.6 is 0 Å². The Hall–Kier alpha value is -3.16. The Morgan fingerprint density at radius 2 is 2.07 bits per heavy atom. The molecular weight excluding hydrogens is 370 g/mol. The summed E-state index contributed by atoms with van der Waals surface area (Å²) in [6.07, 6.45) is 1.97. The highest BCUT2D eigenvalue weighted by Gasteiger charge is 2.30. The molecule has 3 N–H and O–H groups in total. The highest BCUT2D eigenvalue weighted by atomic mass is 16.2. The number of aryl methyl sites for hydroxylation is 1. The lowest BCUT2D eigenvalue weighted by molar-refractivity contribution is -0.122. The van der Waals surface area contributed by atoms with Gasteiger partial charge in [-0.15, -0.1) is 0 Å². The number of nitrogens with zero attached hydrogens (tertiary/aromatic N) is 2. The minimum Gasteiger partial charge on any atom is -0.352 e. The zero-order chi connectivity index (χ0) is 20.5. The van der Waals surface area contributed by atoms with Gasteiger partial charge in [-0.2, -0.15) is 0 Å². The number of benzene rings is 1. The molecule has 0 spiro atoms. The summed E-state index contributed by atoms with van der Waals surface area (Å²) in [5.41, 5.74) is 2.71. The van der Waals surface area contributed by atoms with Crippen molar-refractivity contribution in [1.82, 2.24) is 20.6 Å². The first-order valence-electron chi connectivity index (χ1n) is 9.94. The number of rotatable bonds is 4. The van der Waals surface area contributed by atoms with Crippen LogP contribution in [0, 0.1) is 13.8 Å². The van der Waals surface area contributed by atoms with Gasteiger partial charge in [0.25, 0.3) is 11.5 Å². The average molecular weight is 395 g/mol. The van der Waals surface area contributed by atoms with Crippen LogP contribution in [0.4, 0.5) is 5.95 Å². The fourth-order valence-corrected chi connectivity index (χ4v) is 4.02. The lowest BCUT2D eigenvalue weighted by Gasteiger charge is -2.33. The summed E-state index contributed by atoms with van der Waals surface area (Å²) >= 11 is 0. The fraction of sp³-hybridized carbons (Fsp3) is 0.429. The summed E-state index contributed by atoms with van der Waals surface area (Å²) < 4.78 is 0. The molecule has 1 saturated heterocycles. The molecule has 0 bridgehead atoms. The van der Waals surface area contributed by atoms with E-state index in [1.54, 1.807) is 13.0 Å². The zero-order valence-corrected chi connectivity index (χ0v) is 16.6. The van der Waals surface area contributed by atoms with E-state index in [-0.39, 0.29) is 35.9 Å². The van der Waals surface area contributed by atoms with Gasteiger partial charge < -0.3 is 15.5 Å². The number of carbonyl (C=O) groups excluding carboxylic acids is 2. The molecule has 8 heteroatoms. The predicted molar refractivity (Wildman–Crippen MR) is 109 cm³/mol. The standard InChI is InChI=1S/C21H25N5O3/c1-12-13(2)22-21(25-19(12)28)26-9-5-6-14(11-26)23-18(27)10-17-15-7-3-4-8-16(15)20(29)24-17/h3-4,7-8,14,17H,5-6,9-11H2,1-2H3,(H,23,27)(H,24,29)(H,22,25,28)/t14-,17+/m1/s1. The van der Waals surface area contributed by atoms with Gasteiger partial charge in [0.05, 0.1) is 12.5 Å². The summed E-state index contributed by atoms with van der Waals surface area (Å²) in [7, 11) is 0. The molecule has 0 radical (unpaired) electrons. The van der Waals surface area contributed by atoms with Crippen LogP contribution in [0.15, 0.2) is 29.1 Å². The van der Waals surface area contributed by atoms with E-state index in [1.165, 1.54) is 0 Å². The molecule has 2 aromatic rings. The summed E-state index contributed by atoms with van der Waals surface area (Å²) in [5.74, 6) is 0.321.